The van der Waals surface area contributed by atoms with Crippen LogP contribution in [0.5, 0.6) is 0 Å². The Bertz CT molecular complexity index is 1280. The monoisotopic (exact) mass is 447 g/mol. The van der Waals surface area contributed by atoms with E-state index in [4.69, 9.17) is 4.98 Å². The number of fused-ring (bicyclic) bond motifs is 1. The van der Waals surface area contributed by atoms with Crippen molar-refractivity contribution < 1.29 is 0 Å². The molecule has 0 bridgehead atoms. The molecule has 0 aliphatic carbocycles. The van der Waals surface area contributed by atoms with Crippen LogP contribution in [0.1, 0.15) is 0 Å². The summed E-state index contributed by atoms with van der Waals surface area (Å²) in [6, 6.07) is 38.2. The summed E-state index contributed by atoms with van der Waals surface area (Å²) in [5.74, 6) is 0. The summed E-state index contributed by atoms with van der Waals surface area (Å²) in [5.41, 5.74) is 4.71. The van der Waals surface area contributed by atoms with Crippen molar-refractivity contribution in [3.05, 3.63) is 115 Å². The maximum atomic E-state index is 4.77. The second-order valence-corrected chi connectivity index (χ2v) is 9.50. The van der Waals surface area contributed by atoms with Crippen LogP contribution < -0.4 is 14.1 Å². The molecule has 1 heterocycles. The van der Waals surface area contributed by atoms with Crippen molar-refractivity contribution in [2.45, 2.75) is 0 Å². The number of rotatable bonds is 5. The molecule has 0 amide bonds. The van der Waals surface area contributed by atoms with Gasteiger partial charge in [-0.3, -0.25) is 0 Å². The molecule has 0 unspecified atom stereocenters. The molecule has 0 fully saturated rings. The third-order valence-electron chi connectivity index (χ3n) is 5.01. The Labute approximate surface area is 183 Å². The molecular formula is C27H20AsN2. The Hall–Kier alpha value is -3.35. The van der Waals surface area contributed by atoms with E-state index >= 15 is 0 Å². The fourth-order valence-corrected chi connectivity index (χ4v) is 5.81. The number of nitrogens with one attached hydrogen (secondary N) is 1. The van der Waals surface area contributed by atoms with Crippen LogP contribution in [-0.2, 0) is 0 Å². The zero-order chi connectivity index (χ0) is 20.2. The van der Waals surface area contributed by atoms with Crippen molar-refractivity contribution in [1.29, 1.82) is 0 Å². The zero-order valence-electron chi connectivity index (χ0n) is 16.4. The van der Waals surface area contributed by atoms with E-state index in [-0.39, 0.29) is 15.8 Å². The number of aromatic nitrogens is 1. The van der Waals surface area contributed by atoms with Gasteiger partial charge in [-0.2, -0.15) is 0 Å². The number of pyridine rings is 1. The van der Waals surface area contributed by atoms with Gasteiger partial charge in [-0.1, -0.05) is 0 Å². The Morgan fingerprint density at radius 3 is 2.17 bits per heavy atom. The van der Waals surface area contributed by atoms with Gasteiger partial charge in [0, 0.05) is 0 Å². The molecule has 4 aromatic carbocycles. The molecule has 5 aromatic rings. The molecule has 5 rings (SSSR count). The van der Waals surface area contributed by atoms with Gasteiger partial charge in [0.2, 0.25) is 0 Å². The fourth-order valence-electron chi connectivity index (χ4n) is 3.61. The van der Waals surface area contributed by atoms with Gasteiger partial charge in [-0.15, -0.1) is 0 Å². The van der Waals surface area contributed by atoms with Crippen LogP contribution in [0.3, 0.4) is 0 Å². The van der Waals surface area contributed by atoms with Crippen LogP contribution in [0.4, 0.5) is 11.4 Å². The van der Waals surface area contributed by atoms with Gasteiger partial charge < -0.3 is 0 Å². The predicted molar refractivity (Wildman–Crippen MR) is 128 cm³/mol. The number of anilines is 2. The average molecular weight is 447 g/mol. The van der Waals surface area contributed by atoms with E-state index in [0.29, 0.717) is 0 Å². The first kappa shape index (κ1) is 18.7. The Morgan fingerprint density at radius 1 is 0.600 bits per heavy atom. The Kier molecular flexibility index (Phi) is 5.33. The number of benzene rings is 4. The van der Waals surface area contributed by atoms with Crippen LogP contribution in [0.15, 0.2) is 115 Å². The number of hydrogen-bond donors (Lipinski definition) is 1. The Morgan fingerprint density at radius 2 is 1.33 bits per heavy atom. The molecule has 143 valence electrons. The Balaban J connectivity index is 1.48. The van der Waals surface area contributed by atoms with Crippen molar-refractivity contribution >= 4 is 46.7 Å². The molecule has 1 aromatic heterocycles. The summed E-state index contributed by atoms with van der Waals surface area (Å²) in [7, 11) is 0. The summed E-state index contributed by atoms with van der Waals surface area (Å²) < 4.78 is 2.52. The second-order valence-electron chi connectivity index (χ2n) is 7.05. The van der Waals surface area contributed by atoms with E-state index in [0.717, 1.165) is 11.4 Å². The minimum absolute atomic E-state index is 0.224. The molecule has 30 heavy (non-hydrogen) atoms. The molecule has 0 spiro atoms. The third kappa shape index (κ3) is 4.01. The summed E-state index contributed by atoms with van der Waals surface area (Å²) in [5, 5.41) is 6.01. The van der Waals surface area contributed by atoms with Gasteiger partial charge in [0.25, 0.3) is 0 Å². The topological polar surface area (TPSA) is 24.9 Å². The molecule has 0 aliphatic rings. The van der Waals surface area contributed by atoms with Crippen LogP contribution >= 0.6 is 0 Å². The minimum atomic E-state index is -0.224. The van der Waals surface area contributed by atoms with Crippen LogP contribution in [0.2, 0.25) is 0 Å². The van der Waals surface area contributed by atoms with E-state index in [9.17, 15) is 0 Å². The van der Waals surface area contributed by atoms with Gasteiger partial charge in [-0.05, 0) is 0 Å². The average Bonchev–Trinajstić information content (AvgIpc) is 2.80. The summed E-state index contributed by atoms with van der Waals surface area (Å²) >= 11 is -0.224. The van der Waals surface area contributed by atoms with Gasteiger partial charge >= 0.3 is 184 Å². The number of para-hydroxylation sites is 1. The van der Waals surface area contributed by atoms with Crippen molar-refractivity contribution in [3.63, 3.8) is 0 Å². The van der Waals surface area contributed by atoms with Gasteiger partial charge in [-0.25, -0.2) is 0 Å². The fraction of sp³-hybridized carbons (Fsp3) is 0. The molecule has 0 saturated carbocycles. The van der Waals surface area contributed by atoms with Crippen molar-refractivity contribution in [2.75, 3.05) is 5.32 Å². The van der Waals surface area contributed by atoms with Crippen LogP contribution in [0, 0.1) is 0 Å². The molecule has 0 aliphatic heterocycles. The maximum absolute atomic E-state index is 4.77. The molecule has 2 nitrogen and oxygen atoms in total. The van der Waals surface area contributed by atoms with Crippen LogP contribution in [0.25, 0.3) is 21.9 Å². The van der Waals surface area contributed by atoms with Crippen LogP contribution in [-0.4, -0.2) is 20.7 Å². The molecule has 1 N–H and O–H groups in total. The van der Waals surface area contributed by atoms with E-state index in [1.807, 2.05) is 24.4 Å². The quantitative estimate of drug-likeness (QED) is 0.370. The summed E-state index contributed by atoms with van der Waals surface area (Å²) in [6.07, 6.45) is 1.95. The first-order valence-electron chi connectivity index (χ1n) is 9.94. The molecule has 0 atom stereocenters. The molecular weight excluding hydrogens is 427 g/mol. The molecule has 3 heteroatoms. The standard InChI is InChI=1S/C27H20AsN2/c1-3-9-20(10-4-1)24-15-8-16-26-25(24)17-18-29-27(26)28-21-11-7-14-23(19-21)30-22-12-5-2-6-13-22/h1-19,30H. The third-order valence-corrected chi connectivity index (χ3v) is 7.33. The first-order valence-corrected chi connectivity index (χ1v) is 11.8. The predicted octanol–water partition coefficient (Wildman–Crippen LogP) is 5.30. The normalized spacial score (nSPS) is 11.2. The van der Waals surface area contributed by atoms with E-state index in [2.05, 4.69) is 96.3 Å². The molecule has 1 radical (unpaired) electrons. The van der Waals surface area contributed by atoms with Crippen molar-refractivity contribution in [2.24, 2.45) is 0 Å². The van der Waals surface area contributed by atoms with E-state index in [1.165, 1.54) is 30.7 Å². The van der Waals surface area contributed by atoms with Gasteiger partial charge in [0.15, 0.2) is 0 Å². The van der Waals surface area contributed by atoms with Crippen molar-refractivity contribution in [3.8, 4) is 11.1 Å². The SMILES string of the molecule is c1ccc(Nc2cccc([As]c3nccc4c(-c5ccccc5)cccc34)c2)cc1. The number of nitrogens with zero attached hydrogens (tertiary/aromatic N) is 1. The summed E-state index contributed by atoms with van der Waals surface area (Å²) in [6.45, 7) is 0. The summed E-state index contributed by atoms with van der Waals surface area (Å²) in [4.78, 5) is 4.77. The number of hydrogen-bond acceptors (Lipinski definition) is 2. The van der Waals surface area contributed by atoms with Gasteiger partial charge in [0.05, 0.1) is 0 Å². The second kappa shape index (κ2) is 8.57. The zero-order valence-corrected chi connectivity index (χ0v) is 18.2. The van der Waals surface area contributed by atoms with E-state index in [1.54, 1.807) is 0 Å². The first-order chi connectivity index (χ1) is 14.9. The van der Waals surface area contributed by atoms with Crippen molar-refractivity contribution in [1.82, 2.24) is 4.98 Å². The molecule has 0 saturated heterocycles. The van der Waals surface area contributed by atoms with Gasteiger partial charge in [0.1, 0.15) is 0 Å². The van der Waals surface area contributed by atoms with E-state index < -0.39 is 0 Å².